The standard InChI is InChI=1S/C11H21N7O/c1-7(2)14-8(19)6-13-10-15-9(12-3)16-11(17-10)18(4)5/h7H,6H2,1-5H3,(H,14,19)(H2,12,13,15,16,17). The summed E-state index contributed by atoms with van der Waals surface area (Å²) in [6.07, 6.45) is 0. The van der Waals surface area contributed by atoms with Gasteiger partial charge < -0.3 is 20.9 Å². The first kappa shape index (κ1) is 14.9. The van der Waals surface area contributed by atoms with E-state index in [1.54, 1.807) is 11.9 Å². The van der Waals surface area contributed by atoms with Crippen LogP contribution in [0.5, 0.6) is 0 Å². The fourth-order valence-corrected chi connectivity index (χ4v) is 1.29. The maximum atomic E-state index is 11.5. The van der Waals surface area contributed by atoms with Crippen molar-refractivity contribution in [3.05, 3.63) is 0 Å². The predicted molar refractivity (Wildman–Crippen MR) is 75.5 cm³/mol. The van der Waals surface area contributed by atoms with Crippen LogP contribution in [-0.4, -0.2) is 54.6 Å². The average Bonchev–Trinajstić information content (AvgIpc) is 2.35. The Bertz CT molecular complexity index is 433. The summed E-state index contributed by atoms with van der Waals surface area (Å²) in [7, 11) is 5.40. The minimum Gasteiger partial charge on any atom is -0.357 e. The van der Waals surface area contributed by atoms with E-state index in [0.717, 1.165) is 0 Å². The molecule has 19 heavy (non-hydrogen) atoms. The van der Waals surface area contributed by atoms with E-state index >= 15 is 0 Å². The largest absolute Gasteiger partial charge is 0.357 e. The number of aromatic nitrogens is 3. The van der Waals surface area contributed by atoms with Crippen LogP contribution in [0.15, 0.2) is 0 Å². The summed E-state index contributed by atoms with van der Waals surface area (Å²) >= 11 is 0. The molecule has 0 spiro atoms. The Morgan fingerprint density at radius 3 is 2.37 bits per heavy atom. The molecule has 3 N–H and O–H groups in total. The minimum atomic E-state index is -0.104. The van der Waals surface area contributed by atoms with Gasteiger partial charge in [-0.15, -0.1) is 0 Å². The maximum Gasteiger partial charge on any atom is 0.239 e. The molecule has 106 valence electrons. The van der Waals surface area contributed by atoms with Crippen molar-refractivity contribution in [2.75, 3.05) is 43.2 Å². The second kappa shape index (κ2) is 6.72. The molecule has 0 fully saturated rings. The molecule has 1 heterocycles. The molecule has 0 aromatic carbocycles. The number of carbonyl (C=O) groups excluding carboxylic acids is 1. The topological polar surface area (TPSA) is 95.1 Å². The van der Waals surface area contributed by atoms with Gasteiger partial charge >= 0.3 is 0 Å². The summed E-state index contributed by atoms with van der Waals surface area (Å²) in [6.45, 7) is 3.94. The third-order valence-electron chi connectivity index (χ3n) is 2.10. The van der Waals surface area contributed by atoms with Crippen LogP contribution in [0.3, 0.4) is 0 Å². The number of anilines is 3. The van der Waals surface area contributed by atoms with Crippen LogP contribution in [0.4, 0.5) is 17.8 Å². The van der Waals surface area contributed by atoms with Gasteiger partial charge in [0.2, 0.25) is 23.8 Å². The van der Waals surface area contributed by atoms with Crippen molar-refractivity contribution in [3.63, 3.8) is 0 Å². The van der Waals surface area contributed by atoms with Crippen molar-refractivity contribution in [3.8, 4) is 0 Å². The Morgan fingerprint density at radius 1 is 1.21 bits per heavy atom. The lowest BCUT2D eigenvalue weighted by Gasteiger charge is -2.13. The molecule has 0 unspecified atom stereocenters. The van der Waals surface area contributed by atoms with Crippen molar-refractivity contribution in [1.82, 2.24) is 20.3 Å². The van der Waals surface area contributed by atoms with Gasteiger partial charge in [-0.25, -0.2) is 0 Å². The molecule has 1 amide bonds. The number of nitrogens with one attached hydrogen (secondary N) is 3. The second-order valence-corrected chi connectivity index (χ2v) is 4.50. The smallest absolute Gasteiger partial charge is 0.239 e. The van der Waals surface area contributed by atoms with Gasteiger partial charge in [0.05, 0.1) is 6.54 Å². The SMILES string of the molecule is CNc1nc(NCC(=O)NC(C)C)nc(N(C)C)n1. The zero-order valence-corrected chi connectivity index (χ0v) is 12.0. The lowest BCUT2D eigenvalue weighted by atomic mass is 10.4. The van der Waals surface area contributed by atoms with Crippen LogP contribution in [0.2, 0.25) is 0 Å². The number of hydrogen-bond acceptors (Lipinski definition) is 7. The van der Waals surface area contributed by atoms with Gasteiger partial charge in [-0.2, -0.15) is 15.0 Å². The Hall–Kier alpha value is -2.12. The highest BCUT2D eigenvalue weighted by Gasteiger charge is 2.09. The monoisotopic (exact) mass is 267 g/mol. The molecule has 1 rings (SSSR count). The van der Waals surface area contributed by atoms with E-state index in [1.165, 1.54) is 0 Å². The summed E-state index contributed by atoms with van der Waals surface area (Å²) in [5.74, 6) is 1.23. The van der Waals surface area contributed by atoms with Crippen molar-refractivity contribution < 1.29 is 4.79 Å². The third-order valence-corrected chi connectivity index (χ3v) is 2.10. The molecule has 8 nitrogen and oxygen atoms in total. The van der Waals surface area contributed by atoms with E-state index in [2.05, 4.69) is 30.9 Å². The molecule has 0 saturated carbocycles. The highest BCUT2D eigenvalue weighted by Crippen LogP contribution is 2.10. The fourth-order valence-electron chi connectivity index (χ4n) is 1.29. The molecule has 1 aromatic heterocycles. The van der Waals surface area contributed by atoms with Crippen molar-refractivity contribution >= 4 is 23.8 Å². The number of hydrogen-bond donors (Lipinski definition) is 3. The van der Waals surface area contributed by atoms with Crippen molar-refractivity contribution in [1.29, 1.82) is 0 Å². The van der Waals surface area contributed by atoms with Gasteiger partial charge in [-0.1, -0.05) is 0 Å². The summed E-state index contributed by atoms with van der Waals surface area (Å²) in [5.41, 5.74) is 0. The first-order chi connectivity index (χ1) is 8.92. The predicted octanol–water partition coefficient (Wildman–Crippen LogP) is -0.0842. The van der Waals surface area contributed by atoms with E-state index in [4.69, 9.17) is 0 Å². The zero-order valence-electron chi connectivity index (χ0n) is 12.0. The summed E-state index contributed by atoms with van der Waals surface area (Å²) < 4.78 is 0. The quantitative estimate of drug-likeness (QED) is 0.663. The van der Waals surface area contributed by atoms with E-state index in [1.807, 2.05) is 27.9 Å². The number of carbonyl (C=O) groups is 1. The molecule has 8 heteroatoms. The van der Waals surface area contributed by atoms with Crippen molar-refractivity contribution in [2.24, 2.45) is 0 Å². The number of nitrogens with zero attached hydrogens (tertiary/aromatic N) is 4. The molecule has 0 aliphatic carbocycles. The molecular weight excluding hydrogens is 246 g/mol. The number of rotatable bonds is 6. The van der Waals surface area contributed by atoms with Gasteiger partial charge in [0.25, 0.3) is 0 Å². The van der Waals surface area contributed by atoms with Gasteiger partial charge in [0, 0.05) is 27.2 Å². The van der Waals surface area contributed by atoms with Gasteiger partial charge in [0.1, 0.15) is 0 Å². The zero-order chi connectivity index (χ0) is 14.4. The van der Waals surface area contributed by atoms with Gasteiger partial charge in [0.15, 0.2) is 0 Å². The average molecular weight is 267 g/mol. The van der Waals surface area contributed by atoms with Crippen LogP contribution in [-0.2, 0) is 4.79 Å². The fraction of sp³-hybridized carbons (Fsp3) is 0.636. The van der Waals surface area contributed by atoms with Crippen LogP contribution in [0.25, 0.3) is 0 Å². The number of amides is 1. The summed E-state index contributed by atoms with van der Waals surface area (Å²) in [6, 6.07) is 0.109. The molecule has 0 radical (unpaired) electrons. The molecule has 0 aliphatic heterocycles. The van der Waals surface area contributed by atoms with Crippen LogP contribution in [0.1, 0.15) is 13.8 Å². The lowest BCUT2D eigenvalue weighted by Crippen LogP contribution is -2.35. The highest BCUT2D eigenvalue weighted by molar-refractivity contribution is 5.80. The molecular formula is C11H21N7O. The van der Waals surface area contributed by atoms with E-state index < -0.39 is 0 Å². The van der Waals surface area contributed by atoms with Gasteiger partial charge in [-0.3, -0.25) is 4.79 Å². The minimum absolute atomic E-state index is 0.104. The maximum absolute atomic E-state index is 11.5. The highest BCUT2D eigenvalue weighted by atomic mass is 16.1. The van der Waals surface area contributed by atoms with Crippen molar-refractivity contribution in [2.45, 2.75) is 19.9 Å². The van der Waals surface area contributed by atoms with Gasteiger partial charge in [-0.05, 0) is 13.8 Å². The van der Waals surface area contributed by atoms with E-state index in [0.29, 0.717) is 17.8 Å². The second-order valence-electron chi connectivity index (χ2n) is 4.50. The van der Waals surface area contributed by atoms with E-state index in [-0.39, 0.29) is 18.5 Å². The molecule has 1 aromatic rings. The van der Waals surface area contributed by atoms with Crippen LogP contribution >= 0.6 is 0 Å². The normalized spacial score (nSPS) is 10.2. The third kappa shape index (κ3) is 4.94. The van der Waals surface area contributed by atoms with Crippen LogP contribution in [0, 0.1) is 0 Å². The molecule has 0 saturated heterocycles. The molecule has 0 bridgehead atoms. The summed E-state index contributed by atoms with van der Waals surface area (Å²) in [5, 5.41) is 8.51. The Kier molecular flexibility index (Phi) is 5.28. The van der Waals surface area contributed by atoms with E-state index in [9.17, 15) is 4.79 Å². The molecule has 0 aliphatic rings. The first-order valence-corrected chi connectivity index (χ1v) is 6.06. The Labute approximate surface area is 113 Å². The molecule has 0 atom stereocenters. The lowest BCUT2D eigenvalue weighted by molar-refractivity contribution is -0.119. The summed E-state index contributed by atoms with van der Waals surface area (Å²) in [4.78, 5) is 25.8. The Balaban J connectivity index is 2.72. The first-order valence-electron chi connectivity index (χ1n) is 6.06. The van der Waals surface area contributed by atoms with Crippen LogP contribution < -0.4 is 20.9 Å². The Morgan fingerprint density at radius 2 is 1.84 bits per heavy atom.